The number of rotatable bonds is 5. The predicted octanol–water partition coefficient (Wildman–Crippen LogP) is 4.01. The van der Waals surface area contributed by atoms with Gasteiger partial charge in [0.1, 0.15) is 0 Å². The van der Waals surface area contributed by atoms with Crippen LogP contribution in [0.5, 0.6) is 0 Å². The maximum absolute atomic E-state index is 14.2. The van der Waals surface area contributed by atoms with Crippen LogP contribution in [0.1, 0.15) is 44.4 Å². The van der Waals surface area contributed by atoms with Crippen LogP contribution in [0.15, 0.2) is 24.3 Å². The van der Waals surface area contributed by atoms with Crippen LogP contribution in [-0.4, -0.2) is 17.9 Å². The largest absolute Gasteiger partial charge is 0.339 e. The average Bonchev–Trinajstić information content (AvgIpc) is 2.37. The summed E-state index contributed by atoms with van der Waals surface area (Å²) >= 11 is 0. The number of hydrogen-bond donors (Lipinski definition) is 0. The Balaban J connectivity index is 3.22. The van der Waals surface area contributed by atoms with Crippen LogP contribution < -0.4 is 0 Å². The second-order valence-electron chi connectivity index (χ2n) is 5.13. The first-order valence-corrected chi connectivity index (χ1v) is 6.64. The van der Waals surface area contributed by atoms with Gasteiger partial charge in [-0.15, -0.1) is 0 Å². The highest BCUT2D eigenvalue weighted by Crippen LogP contribution is 2.28. The lowest BCUT2D eigenvalue weighted by Crippen LogP contribution is -2.29. The quantitative estimate of drug-likeness (QED) is 0.747. The summed E-state index contributed by atoms with van der Waals surface area (Å²) in [7, 11) is 1.59. The first kappa shape index (κ1) is 16.3. The maximum Gasteiger partial charge on any atom is 0.219 e. The van der Waals surface area contributed by atoms with Crippen molar-refractivity contribution in [3.05, 3.63) is 47.0 Å². The summed E-state index contributed by atoms with van der Waals surface area (Å²) in [5.74, 6) is -1.90. The molecule has 1 amide bonds. The molecule has 1 rings (SSSR count). The van der Waals surface area contributed by atoms with E-state index in [1.54, 1.807) is 26.1 Å². The summed E-state index contributed by atoms with van der Waals surface area (Å²) in [6, 6.07) is 2.67. The molecular formula is C16H21F2NO. The molecule has 0 heterocycles. The smallest absolute Gasteiger partial charge is 0.219 e. The van der Waals surface area contributed by atoms with E-state index >= 15 is 0 Å². The molecule has 0 aliphatic carbocycles. The van der Waals surface area contributed by atoms with Crippen molar-refractivity contribution in [1.29, 1.82) is 0 Å². The third-order valence-corrected chi connectivity index (χ3v) is 3.39. The lowest BCUT2D eigenvalue weighted by molar-refractivity contribution is -0.129. The van der Waals surface area contributed by atoms with E-state index < -0.39 is 17.7 Å². The summed E-state index contributed by atoms with van der Waals surface area (Å²) in [5.41, 5.74) is 1.27. The molecule has 1 aromatic rings. The van der Waals surface area contributed by atoms with Crippen molar-refractivity contribution in [2.24, 2.45) is 0 Å². The molecule has 0 radical (unpaired) electrons. The Morgan fingerprint density at radius 1 is 1.30 bits per heavy atom. The zero-order valence-electron chi connectivity index (χ0n) is 12.5. The Hall–Kier alpha value is -1.71. The number of hydrogen-bond acceptors (Lipinski definition) is 1. The lowest BCUT2D eigenvalue weighted by Gasteiger charge is -2.27. The Morgan fingerprint density at radius 2 is 1.90 bits per heavy atom. The van der Waals surface area contributed by atoms with Crippen molar-refractivity contribution in [2.45, 2.75) is 39.7 Å². The van der Waals surface area contributed by atoms with Gasteiger partial charge < -0.3 is 4.90 Å². The molecule has 0 N–H and O–H groups in total. The minimum Gasteiger partial charge on any atom is -0.339 e. The highest BCUT2D eigenvalue weighted by Gasteiger charge is 2.23. The first-order valence-electron chi connectivity index (χ1n) is 6.64. The third-order valence-electron chi connectivity index (χ3n) is 3.39. The zero-order chi connectivity index (χ0) is 15.4. The van der Waals surface area contributed by atoms with Gasteiger partial charge in [-0.2, -0.15) is 0 Å². The van der Waals surface area contributed by atoms with Gasteiger partial charge in [-0.1, -0.05) is 31.2 Å². The van der Waals surface area contributed by atoms with Gasteiger partial charge in [0.2, 0.25) is 5.91 Å². The van der Waals surface area contributed by atoms with Crippen molar-refractivity contribution >= 4 is 5.91 Å². The zero-order valence-corrected chi connectivity index (χ0v) is 12.5. The molecule has 2 nitrogen and oxygen atoms in total. The average molecular weight is 281 g/mol. The molecule has 0 aliphatic rings. The van der Waals surface area contributed by atoms with Gasteiger partial charge in [0.05, 0.1) is 6.04 Å². The van der Waals surface area contributed by atoms with E-state index in [0.29, 0.717) is 18.4 Å². The van der Waals surface area contributed by atoms with Crippen molar-refractivity contribution in [1.82, 2.24) is 4.90 Å². The molecule has 0 spiro atoms. The standard InChI is InChI=1S/C16H21F2NO/c1-6-14(19(5)11(4)20)13-8-7-12(9-10(2)3)15(17)16(13)18/h7-8,14H,2,6,9H2,1,3-5H3. The van der Waals surface area contributed by atoms with E-state index in [1.807, 2.05) is 6.92 Å². The molecule has 0 saturated carbocycles. The van der Waals surface area contributed by atoms with Crippen molar-refractivity contribution in [2.75, 3.05) is 7.05 Å². The molecule has 1 unspecified atom stereocenters. The van der Waals surface area contributed by atoms with Gasteiger partial charge >= 0.3 is 0 Å². The Labute approximate surface area is 119 Å². The normalized spacial score (nSPS) is 12.1. The number of nitrogens with zero attached hydrogens (tertiary/aromatic N) is 1. The highest BCUT2D eigenvalue weighted by atomic mass is 19.2. The summed E-state index contributed by atoms with van der Waals surface area (Å²) in [5, 5.41) is 0. The molecular weight excluding hydrogens is 260 g/mol. The monoisotopic (exact) mass is 281 g/mol. The number of benzene rings is 1. The van der Waals surface area contributed by atoms with Gasteiger partial charge in [-0.05, 0) is 25.3 Å². The van der Waals surface area contributed by atoms with Crippen LogP contribution >= 0.6 is 0 Å². The van der Waals surface area contributed by atoms with Crippen molar-refractivity contribution in [3.63, 3.8) is 0 Å². The second kappa shape index (κ2) is 6.64. The van der Waals surface area contributed by atoms with Crippen LogP contribution in [0.3, 0.4) is 0 Å². The minimum absolute atomic E-state index is 0.178. The summed E-state index contributed by atoms with van der Waals surface area (Å²) in [4.78, 5) is 12.9. The SMILES string of the molecule is C=C(C)Cc1ccc(C(CC)N(C)C(C)=O)c(F)c1F. The molecule has 0 aliphatic heterocycles. The van der Waals surface area contributed by atoms with Crippen LogP contribution in [0.25, 0.3) is 0 Å². The van der Waals surface area contributed by atoms with Gasteiger partial charge in [0, 0.05) is 19.5 Å². The highest BCUT2D eigenvalue weighted by molar-refractivity contribution is 5.73. The second-order valence-corrected chi connectivity index (χ2v) is 5.13. The summed E-state index contributed by atoms with van der Waals surface area (Å²) < 4.78 is 28.3. The van der Waals surface area contributed by atoms with E-state index in [1.165, 1.54) is 11.8 Å². The maximum atomic E-state index is 14.2. The third kappa shape index (κ3) is 3.44. The molecule has 20 heavy (non-hydrogen) atoms. The van der Waals surface area contributed by atoms with Crippen LogP contribution in [-0.2, 0) is 11.2 Å². The Kier molecular flexibility index (Phi) is 5.43. The topological polar surface area (TPSA) is 20.3 Å². The fourth-order valence-corrected chi connectivity index (χ4v) is 2.25. The van der Waals surface area contributed by atoms with E-state index in [4.69, 9.17) is 0 Å². The number of amides is 1. The summed E-state index contributed by atoms with van der Waals surface area (Å²) in [6.45, 7) is 8.72. The summed E-state index contributed by atoms with van der Waals surface area (Å²) in [6.07, 6.45) is 0.828. The number of carbonyl (C=O) groups excluding carboxylic acids is 1. The van der Waals surface area contributed by atoms with Crippen LogP contribution in [0, 0.1) is 11.6 Å². The predicted molar refractivity (Wildman–Crippen MR) is 76.4 cm³/mol. The van der Waals surface area contributed by atoms with Crippen molar-refractivity contribution < 1.29 is 13.6 Å². The molecule has 1 atom stereocenters. The molecule has 0 saturated heterocycles. The molecule has 0 fully saturated rings. The first-order chi connectivity index (χ1) is 9.29. The van der Waals surface area contributed by atoms with E-state index in [2.05, 4.69) is 6.58 Å². The van der Waals surface area contributed by atoms with Crippen molar-refractivity contribution in [3.8, 4) is 0 Å². The fraction of sp³-hybridized carbons (Fsp3) is 0.438. The lowest BCUT2D eigenvalue weighted by atomic mass is 9.98. The Morgan fingerprint density at radius 3 is 2.35 bits per heavy atom. The van der Waals surface area contributed by atoms with Gasteiger partial charge in [0.15, 0.2) is 11.6 Å². The molecule has 1 aromatic carbocycles. The fourth-order valence-electron chi connectivity index (χ4n) is 2.25. The number of halogens is 2. The number of allylic oxidation sites excluding steroid dienone is 1. The van der Waals surface area contributed by atoms with E-state index in [0.717, 1.165) is 5.57 Å². The minimum atomic E-state index is -0.872. The molecule has 4 heteroatoms. The van der Waals surface area contributed by atoms with Crippen LogP contribution in [0.4, 0.5) is 8.78 Å². The Bertz CT molecular complexity index is 525. The van der Waals surface area contributed by atoms with Gasteiger partial charge in [-0.3, -0.25) is 4.79 Å². The number of carbonyl (C=O) groups is 1. The van der Waals surface area contributed by atoms with Gasteiger partial charge in [-0.25, -0.2) is 8.78 Å². The molecule has 0 aromatic heterocycles. The molecule has 110 valence electrons. The molecule has 0 bridgehead atoms. The van der Waals surface area contributed by atoms with E-state index in [-0.39, 0.29) is 11.5 Å². The van der Waals surface area contributed by atoms with E-state index in [9.17, 15) is 13.6 Å². The van der Waals surface area contributed by atoms with Gasteiger partial charge in [0.25, 0.3) is 0 Å². The van der Waals surface area contributed by atoms with Crippen LogP contribution in [0.2, 0.25) is 0 Å².